The Kier molecular flexibility index (Phi) is 5.88. The van der Waals surface area contributed by atoms with Crippen molar-refractivity contribution in [2.24, 2.45) is 17.3 Å². The fraction of sp³-hybridized carbons (Fsp3) is 0.261. The lowest BCUT2D eigenvalue weighted by atomic mass is 10.1. The minimum atomic E-state index is -1.69. The number of nitrogens with zero attached hydrogens (tertiary/aromatic N) is 1. The molecule has 2 aromatic carbocycles. The summed E-state index contributed by atoms with van der Waals surface area (Å²) in [6, 6.07) is 17.7. The Morgan fingerprint density at radius 1 is 1.17 bits per heavy atom. The molecule has 1 aliphatic carbocycles. The molecule has 2 aromatic rings. The summed E-state index contributed by atoms with van der Waals surface area (Å²) < 4.78 is 24.6. The third-order valence-electron chi connectivity index (χ3n) is 5.19. The number of carbonyl (C=O) groups is 2. The summed E-state index contributed by atoms with van der Waals surface area (Å²) in [5, 5.41) is 18.2. The summed E-state index contributed by atoms with van der Waals surface area (Å²) in [4.78, 5) is 23.3. The van der Waals surface area contributed by atoms with Crippen molar-refractivity contribution in [2.45, 2.75) is 20.0 Å². The van der Waals surface area contributed by atoms with E-state index < -0.39 is 41.1 Å². The van der Waals surface area contributed by atoms with Crippen molar-refractivity contribution < 1.29 is 28.6 Å². The number of rotatable bonds is 7. The van der Waals surface area contributed by atoms with Gasteiger partial charge in [0.25, 0.3) is 0 Å². The zero-order valence-corrected chi connectivity index (χ0v) is 16.4. The molecule has 1 fully saturated rings. The van der Waals surface area contributed by atoms with E-state index in [0.717, 1.165) is 6.08 Å². The molecule has 6 nitrogen and oxygen atoms in total. The van der Waals surface area contributed by atoms with Crippen LogP contribution < -0.4 is 4.74 Å². The van der Waals surface area contributed by atoms with Gasteiger partial charge in [-0.05, 0) is 41.7 Å². The topological polar surface area (TPSA) is 96.6 Å². The monoisotopic (exact) mass is 409 g/mol. The maximum atomic E-state index is 13.5. The SMILES string of the molecule is CC1(C)[C@H](C(=O)O[C@H](C#N)c2cccc(Oc3ccccc3)c2)[C@@H]1/C=C(/F)C(=O)O. The maximum absolute atomic E-state index is 13.5. The number of benzene rings is 2. The van der Waals surface area contributed by atoms with Gasteiger partial charge >= 0.3 is 11.9 Å². The number of carboxylic acids is 1. The molecule has 0 unspecified atom stereocenters. The number of ether oxygens (including phenoxy) is 2. The molecule has 0 radical (unpaired) electrons. The second kappa shape index (κ2) is 8.37. The Labute approximate surface area is 173 Å². The summed E-state index contributed by atoms with van der Waals surface area (Å²) in [6.07, 6.45) is -0.258. The van der Waals surface area contributed by atoms with Crippen molar-refractivity contribution in [3.05, 3.63) is 72.1 Å². The van der Waals surface area contributed by atoms with E-state index in [-0.39, 0.29) is 0 Å². The predicted octanol–water partition coefficient (Wildman–Crippen LogP) is 4.80. The van der Waals surface area contributed by atoms with E-state index in [1.807, 2.05) is 24.3 Å². The van der Waals surface area contributed by atoms with Gasteiger partial charge < -0.3 is 14.6 Å². The molecule has 0 aliphatic heterocycles. The van der Waals surface area contributed by atoms with Gasteiger partial charge in [-0.2, -0.15) is 9.65 Å². The normalized spacial score (nSPS) is 20.5. The molecule has 0 saturated heterocycles. The fourth-order valence-electron chi connectivity index (χ4n) is 3.39. The summed E-state index contributed by atoms with van der Waals surface area (Å²) in [5.41, 5.74) is -0.233. The van der Waals surface area contributed by atoms with E-state index in [1.165, 1.54) is 0 Å². The average Bonchev–Trinajstić information content (AvgIpc) is 3.26. The van der Waals surface area contributed by atoms with Gasteiger partial charge in [0.15, 0.2) is 0 Å². The van der Waals surface area contributed by atoms with Crippen LogP contribution in [0.5, 0.6) is 11.5 Å². The summed E-state index contributed by atoms with van der Waals surface area (Å²) in [7, 11) is 0. The molecule has 1 N–H and O–H groups in total. The number of halogens is 1. The van der Waals surface area contributed by atoms with Crippen LogP contribution in [0.25, 0.3) is 0 Å². The van der Waals surface area contributed by atoms with Gasteiger partial charge in [-0.1, -0.05) is 44.2 Å². The quantitative estimate of drug-likeness (QED) is 0.521. The summed E-state index contributed by atoms with van der Waals surface area (Å²) >= 11 is 0. The van der Waals surface area contributed by atoms with E-state index in [2.05, 4.69) is 0 Å². The molecular formula is C23H20FNO5. The molecular weight excluding hydrogens is 389 g/mol. The minimum absolute atomic E-state index is 0.432. The van der Waals surface area contributed by atoms with Crippen molar-refractivity contribution in [2.75, 3.05) is 0 Å². The first-order valence-corrected chi connectivity index (χ1v) is 9.27. The highest BCUT2D eigenvalue weighted by atomic mass is 19.1. The third kappa shape index (κ3) is 4.49. The van der Waals surface area contributed by atoms with Gasteiger partial charge in [-0.15, -0.1) is 0 Å². The molecule has 3 rings (SSSR count). The molecule has 0 heterocycles. The fourth-order valence-corrected chi connectivity index (χ4v) is 3.39. The second-order valence-corrected chi connectivity index (χ2v) is 7.58. The van der Waals surface area contributed by atoms with Crippen LogP contribution >= 0.6 is 0 Å². The summed E-state index contributed by atoms with van der Waals surface area (Å²) in [6.45, 7) is 3.43. The highest BCUT2D eigenvalue weighted by molar-refractivity contribution is 5.85. The molecule has 30 heavy (non-hydrogen) atoms. The lowest BCUT2D eigenvalue weighted by molar-refractivity contribution is -0.149. The highest BCUT2D eigenvalue weighted by Gasteiger charge is 2.62. The minimum Gasteiger partial charge on any atom is -0.476 e. The molecule has 7 heteroatoms. The van der Waals surface area contributed by atoms with Crippen molar-refractivity contribution >= 4 is 11.9 Å². The van der Waals surface area contributed by atoms with Crippen LogP contribution in [0.15, 0.2) is 66.5 Å². The zero-order chi connectivity index (χ0) is 21.9. The third-order valence-corrected chi connectivity index (χ3v) is 5.19. The van der Waals surface area contributed by atoms with Crippen LogP contribution in [0.2, 0.25) is 0 Å². The number of allylic oxidation sites excluding steroid dienone is 1. The molecule has 1 aliphatic rings. The van der Waals surface area contributed by atoms with Crippen LogP contribution in [0, 0.1) is 28.6 Å². The number of para-hydroxylation sites is 1. The molecule has 0 bridgehead atoms. The number of hydrogen-bond donors (Lipinski definition) is 1. The van der Waals surface area contributed by atoms with Crippen LogP contribution in [0.1, 0.15) is 25.5 Å². The lowest BCUT2D eigenvalue weighted by Gasteiger charge is -2.13. The van der Waals surface area contributed by atoms with Gasteiger partial charge in [-0.25, -0.2) is 4.79 Å². The number of nitriles is 1. The van der Waals surface area contributed by atoms with Gasteiger partial charge in [0.2, 0.25) is 11.9 Å². The van der Waals surface area contributed by atoms with Crippen molar-refractivity contribution in [1.82, 2.24) is 0 Å². The van der Waals surface area contributed by atoms with Crippen LogP contribution in [-0.2, 0) is 14.3 Å². The zero-order valence-electron chi connectivity index (χ0n) is 16.4. The smallest absolute Gasteiger partial charge is 0.364 e. The summed E-state index contributed by atoms with van der Waals surface area (Å²) in [5.74, 6) is -3.93. The maximum Gasteiger partial charge on any atom is 0.364 e. The average molecular weight is 409 g/mol. The van der Waals surface area contributed by atoms with Crippen molar-refractivity contribution in [1.29, 1.82) is 5.26 Å². The molecule has 3 atom stereocenters. The van der Waals surface area contributed by atoms with Crippen LogP contribution in [0.3, 0.4) is 0 Å². The number of carboxylic acid groups (broad SMARTS) is 1. The number of esters is 1. The Morgan fingerprint density at radius 2 is 1.83 bits per heavy atom. The van der Waals surface area contributed by atoms with Gasteiger partial charge in [0.1, 0.15) is 17.6 Å². The first kappa shape index (κ1) is 21.1. The van der Waals surface area contributed by atoms with E-state index in [1.54, 1.807) is 50.2 Å². The standard InChI is InChI=1S/C23H20FNO5/c1-23(2)17(12-18(24)21(26)27)20(23)22(28)30-19(13-25)14-7-6-10-16(11-14)29-15-8-4-3-5-9-15/h3-12,17,19-20H,1-2H3,(H,26,27)/b18-12+/t17-,19+,20-/m0/s1. The van der Waals surface area contributed by atoms with E-state index in [0.29, 0.717) is 17.1 Å². The van der Waals surface area contributed by atoms with Crippen LogP contribution in [-0.4, -0.2) is 17.0 Å². The Balaban J connectivity index is 1.72. The first-order valence-electron chi connectivity index (χ1n) is 9.27. The lowest BCUT2D eigenvalue weighted by Crippen LogP contribution is -2.14. The molecule has 0 amide bonds. The largest absolute Gasteiger partial charge is 0.476 e. The Bertz CT molecular complexity index is 1030. The van der Waals surface area contributed by atoms with Gasteiger partial charge in [-0.3, -0.25) is 4.79 Å². The van der Waals surface area contributed by atoms with Crippen LogP contribution in [0.4, 0.5) is 4.39 Å². The highest BCUT2D eigenvalue weighted by Crippen LogP contribution is 2.60. The molecule has 0 aromatic heterocycles. The van der Waals surface area contributed by atoms with Gasteiger partial charge in [0, 0.05) is 5.56 Å². The van der Waals surface area contributed by atoms with E-state index >= 15 is 0 Å². The Morgan fingerprint density at radius 3 is 2.47 bits per heavy atom. The molecule has 154 valence electrons. The van der Waals surface area contributed by atoms with E-state index in [9.17, 15) is 19.2 Å². The molecule has 0 spiro atoms. The molecule has 1 saturated carbocycles. The predicted molar refractivity (Wildman–Crippen MR) is 105 cm³/mol. The number of carbonyl (C=O) groups excluding carboxylic acids is 1. The number of hydrogen-bond acceptors (Lipinski definition) is 5. The second-order valence-electron chi connectivity index (χ2n) is 7.58. The Hall–Kier alpha value is -3.66. The van der Waals surface area contributed by atoms with Crippen molar-refractivity contribution in [3.63, 3.8) is 0 Å². The van der Waals surface area contributed by atoms with Crippen molar-refractivity contribution in [3.8, 4) is 17.6 Å². The first-order chi connectivity index (χ1) is 14.2. The number of aliphatic carboxylic acids is 1. The van der Waals surface area contributed by atoms with E-state index in [4.69, 9.17) is 14.6 Å². The van der Waals surface area contributed by atoms with Gasteiger partial charge in [0.05, 0.1) is 5.92 Å².